The van der Waals surface area contributed by atoms with Gasteiger partial charge in [-0.3, -0.25) is 0 Å². The zero-order valence-corrected chi connectivity index (χ0v) is 19.2. The van der Waals surface area contributed by atoms with Gasteiger partial charge in [0.2, 0.25) is 5.75 Å². The van der Waals surface area contributed by atoms with Crippen LogP contribution in [-0.2, 0) is 0 Å². The van der Waals surface area contributed by atoms with Gasteiger partial charge < -0.3 is 23.9 Å². The number of hydrogen-bond acceptors (Lipinski definition) is 5. The molecule has 0 aliphatic heterocycles. The number of nitrogens with one attached hydrogen (secondary N) is 1. The van der Waals surface area contributed by atoms with E-state index >= 15 is 0 Å². The van der Waals surface area contributed by atoms with E-state index < -0.39 is 0 Å². The van der Waals surface area contributed by atoms with Crippen LogP contribution >= 0.6 is 23.4 Å². The van der Waals surface area contributed by atoms with Crippen molar-refractivity contribution >= 4 is 34.3 Å². The van der Waals surface area contributed by atoms with Crippen LogP contribution in [-0.4, -0.2) is 33.4 Å². The molecule has 5 nitrogen and oxygen atoms in total. The number of hydrogen-bond donors (Lipinski definition) is 1. The van der Waals surface area contributed by atoms with Crippen LogP contribution in [0.2, 0.25) is 5.02 Å². The summed E-state index contributed by atoms with van der Waals surface area (Å²) in [6.45, 7) is 0. The molecule has 31 heavy (non-hydrogen) atoms. The lowest BCUT2D eigenvalue weighted by atomic mass is 10.1. The maximum absolute atomic E-state index is 6.33. The smallest absolute Gasteiger partial charge is 0.203 e. The Morgan fingerprint density at radius 3 is 2.03 bits per heavy atom. The molecule has 0 bridgehead atoms. The van der Waals surface area contributed by atoms with Crippen LogP contribution in [0.1, 0.15) is 0 Å². The average molecular weight is 456 g/mol. The van der Waals surface area contributed by atoms with Gasteiger partial charge in [0.25, 0.3) is 0 Å². The van der Waals surface area contributed by atoms with Crippen molar-refractivity contribution < 1.29 is 18.9 Å². The van der Waals surface area contributed by atoms with Gasteiger partial charge in [0, 0.05) is 25.7 Å². The highest BCUT2D eigenvalue weighted by molar-refractivity contribution is 7.99. The monoisotopic (exact) mass is 455 g/mol. The van der Waals surface area contributed by atoms with Gasteiger partial charge in [0.1, 0.15) is 5.75 Å². The average Bonchev–Trinajstić information content (AvgIpc) is 3.15. The summed E-state index contributed by atoms with van der Waals surface area (Å²) in [7, 11) is 6.47. The second-order valence-corrected chi connectivity index (χ2v) is 8.23. The van der Waals surface area contributed by atoms with E-state index in [0.717, 1.165) is 37.7 Å². The van der Waals surface area contributed by atoms with Crippen molar-refractivity contribution in [1.29, 1.82) is 0 Å². The zero-order chi connectivity index (χ0) is 22.0. The van der Waals surface area contributed by atoms with E-state index in [9.17, 15) is 0 Å². The Labute approximate surface area is 190 Å². The fourth-order valence-electron chi connectivity index (χ4n) is 3.44. The van der Waals surface area contributed by atoms with Gasteiger partial charge in [-0.2, -0.15) is 0 Å². The minimum absolute atomic E-state index is 0.562. The van der Waals surface area contributed by atoms with E-state index in [4.69, 9.17) is 30.5 Å². The molecule has 4 rings (SSSR count). The van der Waals surface area contributed by atoms with E-state index in [1.807, 2.05) is 54.6 Å². The van der Waals surface area contributed by atoms with Gasteiger partial charge >= 0.3 is 0 Å². The lowest BCUT2D eigenvalue weighted by molar-refractivity contribution is 0.323. The lowest BCUT2D eigenvalue weighted by Gasteiger charge is -2.14. The summed E-state index contributed by atoms with van der Waals surface area (Å²) in [4.78, 5) is 5.54. The normalized spacial score (nSPS) is 10.9. The van der Waals surface area contributed by atoms with Crippen molar-refractivity contribution in [2.75, 3.05) is 28.4 Å². The first-order chi connectivity index (χ1) is 15.1. The fourth-order valence-corrected chi connectivity index (χ4v) is 4.73. The molecule has 3 aromatic carbocycles. The molecule has 160 valence electrons. The molecule has 1 N–H and O–H groups in total. The molecule has 0 fully saturated rings. The molecule has 1 heterocycles. The van der Waals surface area contributed by atoms with Crippen LogP contribution in [0.4, 0.5) is 0 Å². The predicted octanol–water partition coefficient (Wildman–Crippen LogP) is 6.67. The molecule has 4 aromatic rings. The molecule has 0 saturated carbocycles. The quantitative estimate of drug-likeness (QED) is 0.337. The highest BCUT2D eigenvalue weighted by Crippen LogP contribution is 2.46. The van der Waals surface area contributed by atoms with Crippen molar-refractivity contribution in [2.24, 2.45) is 0 Å². The zero-order valence-electron chi connectivity index (χ0n) is 17.6. The van der Waals surface area contributed by atoms with Crippen LogP contribution in [0.25, 0.3) is 22.2 Å². The highest BCUT2D eigenvalue weighted by atomic mass is 35.5. The topological polar surface area (TPSA) is 52.7 Å². The van der Waals surface area contributed by atoms with Gasteiger partial charge in [-0.15, -0.1) is 0 Å². The van der Waals surface area contributed by atoms with Crippen molar-refractivity contribution in [3.63, 3.8) is 0 Å². The summed E-state index contributed by atoms with van der Waals surface area (Å²) >= 11 is 7.93. The second-order valence-electron chi connectivity index (χ2n) is 6.71. The van der Waals surface area contributed by atoms with E-state index in [-0.39, 0.29) is 0 Å². The summed E-state index contributed by atoms with van der Waals surface area (Å²) in [5.41, 5.74) is 3.05. The predicted molar refractivity (Wildman–Crippen MR) is 126 cm³/mol. The minimum atomic E-state index is 0.562. The maximum atomic E-state index is 6.33. The summed E-state index contributed by atoms with van der Waals surface area (Å²) in [6.07, 6.45) is 0. The molecule has 1 aromatic heterocycles. The molecular formula is C24H22ClNO4S. The van der Waals surface area contributed by atoms with Gasteiger partial charge in [0.05, 0.1) is 34.1 Å². The number of rotatable bonds is 7. The Hall–Kier alpha value is -2.96. The third-order valence-electron chi connectivity index (χ3n) is 4.95. The van der Waals surface area contributed by atoms with Crippen molar-refractivity contribution in [1.82, 2.24) is 4.98 Å². The Kier molecular flexibility index (Phi) is 6.20. The van der Waals surface area contributed by atoms with Gasteiger partial charge in [0.15, 0.2) is 11.5 Å². The number of methoxy groups -OCH3 is 4. The summed E-state index contributed by atoms with van der Waals surface area (Å²) in [5, 5.41) is 1.72. The van der Waals surface area contributed by atoms with E-state index in [1.54, 1.807) is 40.2 Å². The largest absolute Gasteiger partial charge is 0.497 e. The Bertz CT molecular complexity index is 1200. The molecular weight excluding hydrogens is 434 g/mol. The molecule has 0 amide bonds. The number of benzene rings is 3. The fraction of sp³-hybridized carbons (Fsp3) is 0.167. The first-order valence-electron chi connectivity index (χ1n) is 9.51. The minimum Gasteiger partial charge on any atom is -0.497 e. The van der Waals surface area contributed by atoms with Gasteiger partial charge in [-0.05, 0) is 60.2 Å². The molecule has 0 radical (unpaired) electrons. The lowest BCUT2D eigenvalue weighted by Crippen LogP contribution is -1.95. The Balaban J connectivity index is 1.87. The first-order valence-corrected chi connectivity index (χ1v) is 10.7. The number of halogens is 1. The second kappa shape index (κ2) is 9.04. The van der Waals surface area contributed by atoms with Gasteiger partial charge in [-0.1, -0.05) is 23.4 Å². The summed E-state index contributed by atoms with van der Waals surface area (Å²) < 4.78 is 21.8. The standard InChI is InChI=1S/C24H22ClNO4S/c1-27-16-8-5-14(6-9-16)22-24(18-11-15(25)7-10-19(18)26-22)31-17-12-20(28-2)23(30-4)21(13-17)29-3/h5-13,26H,1-4H3. The molecule has 0 aliphatic carbocycles. The Morgan fingerprint density at radius 1 is 0.774 bits per heavy atom. The molecule has 0 atom stereocenters. The molecule has 0 aliphatic rings. The van der Waals surface area contributed by atoms with Crippen LogP contribution in [0.3, 0.4) is 0 Å². The van der Waals surface area contributed by atoms with Crippen LogP contribution in [0.5, 0.6) is 23.0 Å². The van der Waals surface area contributed by atoms with E-state index in [1.165, 1.54) is 0 Å². The third kappa shape index (κ3) is 4.13. The van der Waals surface area contributed by atoms with E-state index in [2.05, 4.69) is 4.98 Å². The molecule has 0 unspecified atom stereocenters. The summed E-state index contributed by atoms with van der Waals surface area (Å²) in [5.74, 6) is 2.58. The van der Waals surface area contributed by atoms with Crippen molar-refractivity contribution in [2.45, 2.75) is 9.79 Å². The number of fused-ring (bicyclic) bond motifs is 1. The van der Waals surface area contributed by atoms with E-state index in [0.29, 0.717) is 22.3 Å². The number of aromatic nitrogens is 1. The molecule has 7 heteroatoms. The molecule has 0 spiro atoms. The number of H-pyrrole nitrogens is 1. The SMILES string of the molecule is COc1ccc(-c2[nH]c3ccc(Cl)cc3c2Sc2cc(OC)c(OC)c(OC)c2)cc1. The maximum Gasteiger partial charge on any atom is 0.203 e. The molecule has 0 saturated heterocycles. The first kappa shape index (κ1) is 21.3. The third-order valence-corrected chi connectivity index (χ3v) is 6.28. The van der Waals surface area contributed by atoms with Crippen LogP contribution < -0.4 is 18.9 Å². The van der Waals surface area contributed by atoms with Crippen LogP contribution in [0.15, 0.2) is 64.4 Å². The van der Waals surface area contributed by atoms with Crippen molar-refractivity contribution in [3.05, 3.63) is 59.6 Å². The van der Waals surface area contributed by atoms with Crippen molar-refractivity contribution in [3.8, 4) is 34.3 Å². The van der Waals surface area contributed by atoms with Crippen LogP contribution in [0, 0.1) is 0 Å². The highest BCUT2D eigenvalue weighted by Gasteiger charge is 2.19. The number of aromatic amines is 1. The van der Waals surface area contributed by atoms with Gasteiger partial charge in [-0.25, -0.2) is 0 Å². The number of ether oxygens (including phenoxy) is 4. The Morgan fingerprint density at radius 2 is 1.45 bits per heavy atom. The summed E-state index contributed by atoms with van der Waals surface area (Å²) in [6, 6.07) is 17.7.